The standard InChI is InChI=1S/C15H15BrN2OS2/c16-12-4-6-13(7-5-12)20-10-9-17-14(19)11-21-15-3-1-2-8-18-15/h1-8H,9-11H2,(H,17,19). The predicted molar refractivity (Wildman–Crippen MR) is 92.8 cm³/mol. The van der Waals surface area contributed by atoms with Crippen molar-refractivity contribution in [2.24, 2.45) is 0 Å². The van der Waals surface area contributed by atoms with Gasteiger partial charge in [0, 0.05) is 27.9 Å². The number of carbonyl (C=O) groups excluding carboxylic acids is 1. The summed E-state index contributed by atoms with van der Waals surface area (Å²) in [5, 5.41) is 3.79. The monoisotopic (exact) mass is 382 g/mol. The van der Waals surface area contributed by atoms with Gasteiger partial charge >= 0.3 is 0 Å². The molecule has 0 fully saturated rings. The number of benzene rings is 1. The Labute approximate surface area is 141 Å². The van der Waals surface area contributed by atoms with Crippen LogP contribution in [-0.4, -0.2) is 28.9 Å². The molecule has 1 N–H and O–H groups in total. The maximum atomic E-state index is 11.7. The molecule has 2 aromatic rings. The van der Waals surface area contributed by atoms with E-state index in [9.17, 15) is 4.79 Å². The number of aromatic nitrogens is 1. The molecule has 1 amide bonds. The molecular weight excluding hydrogens is 368 g/mol. The van der Waals surface area contributed by atoms with Crippen LogP contribution in [0.3, 0.4) is 0 Å². The molecule has 6 heteroatoms. The number of halogens is 1. The average molecular weight is 383 g/mol. The Kier molecular flexibility index (Phi) is 7.12. The van der Waals surface area contributed by atoms with Crippen LogP contribution in [0.15, 0.2) is 63.1 Å². The third-order valence-corrected chi connectivity index (χ3v) is 4.98. The molecule has 3 nitrogen and oxygen atoms in total. The zero-order valence-corrected chi connectivity index (χ0v) is 14.5. The largest absolute Gasteiger partial charge is 0.355 e. The van der Waals surface area contributed by atoms with Gasteiger partial charge < -0.3 is 5.32 Å². The fourth-order valence-corrected chi connectivity index (χ4v) is 3.24. The van der Waals surface area contributed by atoms with Crippen molar-refractivity contribution < 1.29 is 4.79 Å². The van der Waals surface area contributed by atoms with E-state index >= 15 is 0 Å². The van der Waals surface area contributed by atoms with Crippen molar-refractivity contribution in [3.8, 4) is 0 Å². The smallest absolute Gasteiger partial charge is 0.230 e. The average Bonchev–Trinajstić information content (AvgIpc) is 2.52. The molecule has 0 bridgehead atoms. The van der Waals surface area contributed by atoms with Gasteiger partial charge in [-0.25, -0.2) is 4.98 Å². The SMILES string of the molecule is O=C(CSc1ccccn1)NCCSc1ccc(Br)cc1. The van der Waals surface area contributed by atoms with Crippen molar-refractivity contribution in [1.82, 2.24) is 10.3 Å². The first kappa shape index (κ1) is 16.4. The van der Waals surface area contributed by atoms with E-state index in [1.807, 2.05) is 30.3 Å². The first-order valence-corrected chi connectivity index (χ1v) is 9.19. The van der Waals surface area contributed by atoms with Gasteiger partial charge in [0.25, 0.3) is 0 Å². The van der Waals surface area contributed by atoms with Crippen LogP contribution >= 0.6 is 39.5 Å². The van der Waals surface area contributed by atoms with Crippen molar-refractivity contribution in [2.45, 2.75) is 9.92 Å². The Morgan fingerprint density at radius 2 is 1.95 bits per heavy atom. The summed E-state index contributed by atoms with van der Waals surface area (Å²) in [7, 11) is 0. The quantitative estimate of drug-likeness (QED) is 0.583. The van der Waals surface area contributed by atoms with E-state index in [1.54, 1.807) is 18.0 Å². The fraction of sp³-hybridized carbons (Fsp3) is 0.200. The van der Waals surface area contributed by atoms with E-state index < -0.39 is 0 Å². The summed E-state index contributed by atoms with van der Waals surface area (Å²) in [6.07, 6.45) is 1.73. The Balaban J connectivity index is 1.60. The van der Waals surface area contributed by atoms with Gasteiger partial charge in [0.1, 0.15) is 0 Å². The molecule has 0 spiro atoms. The molecule has 2 rings (SSSR count). The van der Waals surface area contributed by atoms with E-state index in [4.69, 9.17) is 0 Å². The maximum absolute atomic E-state index is 11.7. The molecule has 1 aromatic heterocycles. The van der Waals surface area contributed by atoms with Crippen molar-refractivity contribution >= 4 is 45.4 Å². The van der Waals surface area contributed by atoms with E-state index in [1.165, 1.54) is 16.7 Å². The number of thioether (sulfide) groups is 2. The highest BCUT2D eigenvalue weighted by Gasteiger charge is 2.03. The van der Waals surface area contributed by atoms with Crippen LogP contribution in [0.1, 0.15) is 0 Å². The first-order valence-electron chi connectivity index (χ1n) is 6.43. The van der Waals surface area contributed by atoms with Crippen molar-refractivity contribution in [3.63, 3.8) is 0 Å². The molecule has 110 valence electrons. The van der Waals surface area contributed by atoms with Crippen LogP contribution < -0.4 is 5.32 Å². The number of pyridine rings is 1. The lowest BCUT2D eigenvalue weighted by molar-refractivity contribution is -0.118. The van der Waals surface area contributed by atoms with Crippen LogP contribution in [0.5, 0.6) is 0 Å². The summed E-state index contributed by atoms with van der Waals surface area (Å²) in [6.45, 7) is 0.669. The van der Waals surface area contributed by atoms with Crippen LogP contribution in [0.25, 0.3) is 0 Å². The van der Waals surface area contributed by atoms with E-state index in [2.05, 4.69) is 38.4 Å². The van der Waals surface area contributed by atoms with Gasteiger partial charge in [0.05, 0.1) is 10.8 Å². The van der Waals surface area contributed by atoms with E-state index in [0.29, 0.717) is 12.3 Å². The number of carbonyl (C=O) groups is 1. The molecule has 0 radical (unpaired) electrons. The van der Waals surface area contributed by atoms with Gasteiger partial charge in [-0.2, -0.15) is 0 Å². The zero-order valence-electron chi connectivity index (χ0n) is 11.3. The van der Waals surface area contributed by atoms with Gasteiger partial charge in [0.2, 0.25) is 5.91 Å². The number of nitrogens with zero attached hydrogens (tertiary/aromatic N) is 1. The van der Waals surface area contributed by atoms with Gasteiger partial charge in [-0.15, -0.1) is 11.8 Å². The maximum Gasteiger partial charge on any atom is 0.230 e. The summed E-state index contributed by atoms with van der Waals surface area (Å²) in [5.41, 5.74) is 0. The molecule has 21 heavy (non-hydrogen) atoms. The summed E-state index contributed by atoms with van der Waals surface area (Å²) < 4.78 is 1.08. The third-order valence-electron chi connectivity index (χ3n) is 2.50. The lowest BCUT2D eigenvalue weighted by Gasteiger charge is -2.05. The Morgan fingerprint density at radius 1 is 1.14 bits per heavy atom. The number of hydrogen-bond acceptors (Lipinski definition) is 4. The zero-order chi connectivity index (χ0) is 14.9. The molecule has 0 atom stereocenters. The molecule has 0 aliphatic carbocycles. The number of amides is 1. The second-order valence-corrected chi connectivity index (χ2v) is 7.19. The molecule has 0 saturated carbocycles. The topological polar surface area (TPSA) is 42.0 Å². The van der Waals surface area contributed by atoms with Crippen LogP contribution in [0.2, 0.25) is 0 Å². The minimum absolute atomic E-state index is 0.0436. The second-order valence-electron chi connectivity index (χ2n) is 4.11. The van der Waals surface area contributed by atoms with Gasteiger partial charge in [-0.05, 0) is 36.4 Å². The third kappa shape index (κ3) is 6.54. The minimum atomic E-state index is 0.0436. The van der Waals surface area contributed by atoms with Crippen LogP contribution in [-0.2, 0) is 4.79 Å². The Bertz CT molecular complexity index is 564. The summed E-state index contributed by atoms with van der Waals surface area (Å²) in [4.78, 5) is 17.1. The molecule has 0 unspecified atom stereocenters. The normalized spacial score (nSPS) is 10.3. The van der Waals surface area contributed by atoms with Crippen LogP contribution in [0, 0.1) is 0 Å². The molecular formula is C15H15BrN2OS2. The molecule has 1 aromatic carbocycles. The van der Waals surface area contributed by atoms with E-state index in [-0.39, 0.29) is 5.91 Å². The molecule has 0 saturated heterocycles. The highest BCUT2D eigenvalue weighted by Crippen LogP contribution is 2.20. The highest BCUT2D eigenvalue weighted by molar-refractivity contribution is 9.10. The fourth-order valence-electron chi connectivity index (χ4n) is 1.51. The van der Waals surface area contributed by atoms with Crippen molar-refractivity contribution in [1.29, 1.82) is 0 Å². The second kappa shape index (κ2) is 9.12. The highest BCUT2D eigenvalue weighted by atomic mass is 79.9. The van der Waals surface area contributed by atoms with E-state index in [0.717, 1.165) is 15.3 Å². The summed E-state index contributed by atoms with van der Waals surface area (Å²) in [6, 6.07) is 13.8. The number of hydrogen-bond donors (Lipinski definition) is 1. The number of nitrogens with one attached hydrogen (secondary N) is 1. The Morgan fingerprint density at radius 3 is 2.67 bits per heavy atom. The van der Waals surface area contributed by atoms with Gasteiger partial charge in [0.15, 0.2) is 0 Å². The first-order chi connectivity index (χ1) is 10.2. The summed E-state index contributed by atoms with van der Waals surface area (Å²) in [5.74, 6) is 1.31. The van der Waals surface area contributed by atoms with Gasteiger partial charge in [-0.1, -0.05) is 33.8 Å². The minimum Gasteiger partial charge on any atom is -0.355 e. The summed E-state index contributed by atoms with van der Waals surface area (Å²) >= 11 is 6.59. The molecule has 0 aliphatic heterocycles. The molecule has 1 heterocycles. The van der Waals surface area contributed by atoms with Gasteiger partial charge in [-0.3, -0.25) is 4.79 Å². The number of rotatable bonds is 7. The van der Waals surface area contributed by atoms with Crippen molar-refractivity contribution in [3.05, 3.63) is 53.1 Å². The Hall–Kier alpha value is -0.980. The lowest BCUT2D eigenvalue weighted by atomic mass is 10.4. The van der Waals surface area contributed by atoms with Crippen molar-refractivity contribution in [2.75, 3.05) is 18.1 Å². The lowest BCUT2D eigenvalue weighted by Crippen LogP contribution is -2.27. The predicted octanol–water partition coefficient (Wildman–Crippen LogP) is 3.84. The van der Waals surface area contributed by atoms with Crippen LogP contribution in [0.4, 0.5) is 0 Å². The molecule has 0 aliphatic rings.